The normalized spacial score (nSPS) is 14.8. The fourth-order valence-corrected chi connectivity index (χ4v) is 3.87. The molecule has 2 N–H and O–H groups in total. The van der Waals surface area contributed by atoms with Gasteiger partial charge in [-0.3, -0.25) is 9.89 Å². The van der Waals surface area contributed by atoms with E-state index in [1.807, 2.05) is 6.07 Å². The van der Waals surface area contributed by atoms with Crippen molar-refractivity contribution in [1.29, 1.82) is 0 Å². The Hall–Kier alpha value is -2.28. The molecule has 4 rings (SSSR count). The van der Waals surface area contributed by atoms with E-state index in [2.05, 4.69) is 21.6 Å². The van der Waals surface area contributed by atoms with Gasteiger partial charge in [0.05, 0.1) is 21.5 Å². The van der Waals surface area contributed by atoms with Crippen LogP contribution in [0.3, 0.4) is 0 Å². The van der Waals surface area contributed by atoms with Gasteiger partial charge in [-0.1, -0.05) is 6.07 Å². The van der Waals surface area contributed by atoms with E-state index in [0.29, 0.717) is 17.3 Å². The van der Waals surface area contributed by atoms with Gasteiger partial charge in [-0.25, -0.2) is 8.78 Å². The molecule has 25 heavy (non-hydrogen) atoms. The van der Waals surface area contributed by atoms with Gasteiger partial charge in [0.25, 0.3) is 11.8 Å². The van der Waals surface area contributed by atoms with Crippen LogP contribution in [0.25, 0.3) is 10.9 Å². The molecule has 1 aromatic carbocycles. The highest BCUT2D eigenvalue weighted by molar-refractivity contribution is 7.14. The van der Waals surface area contributed by atoms with Crippen molar-refractivity contribution in [3.05, 3.63) is 51.3 Å². The number of H-pyrrole nitrogens is 1. The highest BCUT2D eigenvalue weighted by Crippen LogP contribution is 2.43. The third-order valence-electron chi connectivity index (χ3n) is 4.48. The Balaban J connectivity index is 1.56. The summed E-state index contributed by atoms with van der Waals surface area (Å²) in [6.45, 7) is 1.19. The lowest BCUT2D eigenvalue weighted by molar-refractivity contribution is 0.0215. The number of amides is 1. The second-order valence-corrected chi connectivity index (χ2v) is 7.56. The third-order valence-corrected chi connectivity index (χ3v) is 5.73. The molecule has 1 fully saturated rings. The molecule has 1 aliphatic rings. The molecule has 0 saturated heterocycles. The summed E-state index contributed by atoms with van der Waals surface area (Å²) in [7, 11) is 0. The molecule has 4 nitrogen and oxygen atoms in total. The van der Waals surface area contributed by atoms with Gasteiger partial charge in [-0.05, 0) is 48.1 Å². The van der Waals surface area contributed by atoms with E-state index in [1.54, 1.807) is 6.20 Å². The zero-order chi connectivity index (χ0) is 17.6. The molecule has 1 aliphatic carbocycles. The van der Waals surface area contributed by atoms with Gasteiger partial charge in [0.2, 0.25) is 0 Å². The van der Waals surface area contributed by atoms with Crippen LogP contribution in [0.15, 0.2) is 30.5 Å². The quantitative estimate of drug-likeness (QED) is 0.701. The van der Waals surface area contributed by atoms with Crippen LogP contribution < -0.4 is 5.32 Å². The second-order valence-electron chi connectivity index (χ2n) is 6.47. The van der Waals surface area contributed by atoms with Crippen molar-refractivity contribution >= 4 is 28.1 Å². The second kappa shape index (κ2) is 5.91. The van der Waals surface area contributed by atoms with Crippen LogP contribution in [-0.2, 0) is 12.5 Å². The van der Waals surface area contributed by atoms with Gasteiger partial charge in [0.15, 0.2) is 0 Å². The number of aromatic nitrogens is 2. The number of carbonyl (C=O) groups is 1. The number of halogens is 2. The monoisotopic (exact) mass is 361 g/mol. The van der Waals surface area contributed by atoms with Crippen LogP contribution in [0.4, 0.5) is 8.78 Å². The van der Waals surface area contributed by atoms with E-state index in [4.69, 9.17) is 0 Å². The number of nitrogens with one attached hydrogen (secondary N) is 2. The molecule has 0 bridgehead atoms. The zero-order valence-electron chi connectivity index (χ0n) is 13.6. The maximum Gasteiger partial charge on any atom is 0.279 e. The summed E-state index contributed by atoms with van der Waals surface area (Å²) in [5.41, 5.74) is 3.22. The van der Waals surface area contributed by atoms with Crippen molar-refractivity contribution in [3.8, 4) is 0 Å². The molecular formula is C18H17F2N3OS. The lowest BCUT2D eigenvalue weighted by Gasteiger charge is -2.11. The van der Waals surface area contributed by atoms with Crippen LogP contribution >= 0.6 is 11.3 Å². The van der Waals surface area contributed by atoms with E-state index in [-0.39, 0.29) is 10.8 Å². The van der Waals surface area contributed by atoms with Gasteiger partial charge >= 0.3 is 0 Å². The first kappa shape index (κ1) is 16.2. The van der Waals surface area contributed by atoms with Crippen molar-refractivity contribution in [2.24, 2.45) is 0 Å². The summed E-state index contributed by atoms with van der Waals surface area (Å²) in [6, 6.07) is 6.86. The van der Waals surface area contributed by atoms with Gasteiger partial charge < -0.3 is 5.32 Å². The predicted octanol–water partition coefficient (Wildman–Crippen LogP) is 4.54. The van der Waals surface area contributed by atoms with Crippen molar-refractivity contribution in [3.63, 3.8) is 0 Å². The first-order chi connectivity index (χ1) is 11.9. The Morgan fingerprint density at radius 1 is 1.36 bits per heavy atom. The van der Waals surface area contributed by atoms with E-state index in [1.165, 1.54) is 17.7 Å². The lowest BCUT2D eigenvalue weighted by atomic mass is 9.99. The van der Waals surface area contributed by atoms with Gasteiger partial charge in [-0.15, -0.1) is 11.3 Å². The molecule has 130 valence electrons. The minimum Gasteiger partial charge on any atom is -0.347 e. The highest BCUT2D eigenvalue weighted by Gasteiger charge is 2.29. The number of fused-ring (bicyclic) bond motifs is 1. The zero-order valence-corrected chi connectivity index (χ0v) is 14.4. The largest absolute Gasteiger partial charge is 0.347 e. The van der Waals surface area contributed by atoms with Crippen LogP contribution in [-0.4, -0.2) is 16.1 Å². The van der Waals surface area contributed by atoms with Crippen molar-refractivity contribution in [2.75, 3.05) is 0 Å². The molecule has 1 amide bonds. The fourth-order valence-electron chi connectivity index (χ4n) is 3.02. The molecule has 0 unspecified atom stereocenters. The number of rotatable bonds is 5. The molecule has 3 aromatic rings. The third kappa shape index (κ3) is 3.16. The van der Waals surface area contributed by atoms with Crippen molar-refractivity contribution < 1.29 is 13.6 Å². The fraction of sp³-hybridized carbons (Fsp3) is 0.333. The molecule has 2 aromatic heterocycles. The molecule has 0 spiro atoms. The van der Waals surface area contributed by atoms with Crippen LogP contribution in [0, 0.1) is 0 Å². The van der Waals surface area contributed by atoms with E-state index in [0.717, 1.165) is 47.6 Å². The summed E-state index contributed by atoms with van der Waals surface area (Å²) in [6.07, 6.45) is 4.08. The predicted molar refractivity (Wildman–Crippen MR) is 93.1 cm³/mol. The summed E-state index contributed by atoms with van der Waals surface area (Å²) in [4.78, 5) is 12.6. The number of hydrogen-bond donors (Lipinski definition) is 2. The minimum absolute atomic E-state index is 0.103. The lowest BCUT2D eigenvalue weighted by Crippen LogP contribution is -2.22. The Labute approximate surface area is 147 Å². The molecule has 2 heterocycles. The Bertz CT molecular complexity index is 937. The summed E-state index contributed by atoms with van der Waals surface area (Å²) >= 11 is 0.831. The first-order valence-electron chi connectivity index (χ1n) is 8.14. The summed E-state index contributed by atoms with van der Waals surface area (Å²) < 4.78 is 26.7. The van der Waals surface area contributed by atoms with Gasteiger partial charge in [0, 0.05) is 18.9 Å². The number of nitrogens with zero attached hydrogens (tertiary/aromatic N) is 1. The minimum atomic E-state index is -2.93. The van der Waals surface area contributed by atoms with E-state index < -0.39 is 5.92 Å². The smallest absolute Gasteiger partial charge is 0.279 e. The maximum atomic E-state index is 13.3. The summed E-state index contributed by atoms with van der Waals surface area (Å²) in [5, 5.41) is 10.9. The number of hydrogen-bond acceptors (Lipinski definition) is 3. The average molecular weight is 361 g/mol. The average Bonchev–Trinajstić information content (AvgIpc) is 3.09. The van der Waals surface area contributed by atoms with Crippen LogP contribution in [0.1, 0.15) is 51.4 Å². The van der Waals surface area contributed by atoms with Crippen molar-refractivity contribution in [1.82, 2.24) is 15.5 Å². The Morgan fingerprint density at radius 2 is 2.16 bits per heavy atom. The Morgan fingerprint density at radius 3 is 2.84 bits per heavy atom. The SMILES string of the molecule is CC(F)(F)c1ccc(C(=O)NCc2c(C3CC3)ccc3[nH]ncc23)s1. The maximum absolute atomic E-state index is 13.3. The molecular weight excluding hydrogens is 344 g/mol. The topological polar surface area (TPSA) is 57.8 Å². The highest BCUT2D eigenvalue weighted by atomic mass is 32.1. The molecule has 0 atom stereocenters. The summed E-state index contributed by atoms with van der Waals surface area (Å²) in [5.74, 6) is -2.72. The standard InChI is InChI=1S/C18H17F2N3OS/c1-18(19,20)16-7-6-15(25-16)17(24)21-8-12-11(10-2-3-10)4-5-14-13(12)9-22-23-14/h4-7,9-10H,2-3,8H2,1H3,(H,21,24)(H,22,23). The van der Waals surface area contributed by atoms with E-state index >= 15 is 0 Å². The number of thiophene rings is 1. The van der Waals surface area contributed by atoms with Crippen LogP contribution in [0.5, 0.6) is 0 Å². The van der Waals surface area contributed by atoms with Gasteiger partial charge in [0.1, 0.15) is 0 Å². The number of benzene rings is 1. The van der Waals surface area contributed by atoms with Crippen molar-refractivity contribution in [2.45, 2.75) is 38.2 Å². The number of aromatic amines is 1. The Kier molecular flexibility index (Phi) is 3.83. The first-order valence-corrected chi connectivity index (χ1v) is 8.96. The molecule has 7 heteroatoms. The number of alkyl halides is 2. The van der Waals surface area contributed by atoms with E-state index in [9.17, 15) is 13.6 Å². The van der Waals surface area contributed by atoms with Gasteiger partial charge in [-0.2, -0.15) is 5.10 Å². The molecule has 0 aliphatic heterocycles. The molecule has 1 saturated carbocycles. The molecule has 0 radical (unpaired) electrons. The number of carbonyl (C=O) groups excluding carboxylic acids is 1. The van der Waals surface area contributed by atoms with Crippen LogP contribution in [0.2, 0.25) is 0 Å².